The van der Waals surface area contributed by atoms with E-state index in [0.717, 1.165) is 25.0 Å². The second-order valence-electron chi connectivity index (χ2n) is 5.21. The van der Waals surface area contributed by atoms with Gasteiger partial charge in [0.1, 0.15) is 0 Å². The molecule has 1 aliphatic carbocycles. The third-order valence-electron chi connectivity index (χ3n) is 3.56. The Bertz CT molecular complexity index is 349. The molecular formula is C15H21BrOS. The predicted octanol–water partition coefficient (Wildman–Crippen LogP) is 4.63. The largest absolute Gasteiger partial charge is 0.390 e. The zero-order chi connectivity index (χ0) is 12.8. The van der Waals surface area contributed by atoms with Crippen LogP contribution in [0, 0.1) is 0 Å². The summed E-state index contributed by atoms with van der Waals surface area (Å²) in [6.07, 6.45) is 6.49. The lowest BCUT2D eigenvalue weighted by atomic mass is 9.82. The molecule has 1 aliphatic rings. The van der Waals surface area contributed by atoms with Crippen LogP contribution in [0.15, 0.2) is 35.2 Å². The molecule has 1 fully saturated rings. The van der Waals surface area contributed by atoms with Gasteiger partial charge in [0.2, 0.25) is 0 Å². The molecule has 0 aromatic heterocycles. The molecule has 0 bridgehead atoms. The normalized spacial score (nSPS) is 20.6. The summed E-state index contributed by atoms with van der Waals surface area (Å²) >= 11 is 5.58. The summed E-state index contributed by atoms with van der Waals surface area (Å²) in [5, 5.41) is 10.5. The first-order valence-electron chi connectivity index (χ1n) is 6.72. The number of hydrogen-bond donors (Lipinski definition) is 1. The van der Waals surface area contributed by atoms with Gasteiger partial charge < -0.3 is 5.11 Å². The molecular weight excluding hydrogens is 308 g/mol. The van der Waals surface area contributed by atoms with Gasteiger partial charge in [-0.1, -0.05) is 53.4 Å². The summed E-state index contributed by atoms with van der Waals surface area (Å²) in [6, 6.07) is 10.5. The van der Waals surface area contributed by atoms with Crippen LogP contribution in [0.1, 0.15) is 38.5 Å². The van der Waals surface area contributed by atoms with E-state index < -0.39 is 5.60 Å². The molecule has 1 aromatic rings. The predicted molar refractivity (Wildman–Crippen MR) is 82.5 cm³/mol. The van der Waals surface area contributed by atoms with Crippen LogP contribution >= 0.6 is 27.7 Å². The Kier molecular flexibility index (Phi) is 5.58. The van der Waals surface area contributed by atoms with E-state index >= 15 is 0 Å². The number of rotatable bonds is 5. The van der Waals surface area contributed by atoms with Crippen LogP contribution in [-0.4, -0.2) is 21.3 Å². The Morgan fingerprint density at radius 1 is 1.17 bits per heavy atom. The maximum absolute atomic E-state index is 10.5. The van der Waals surface area contributed by atoms with Crippen molar-refractivity contribution in [2.45, 2.75) is 53.8 Å². The summed E-state index contributed by atoms with van der Waals surface area (Å²) in [7, 11) is 0. The fraction of sp³-hybridized carbons (Fsp3) is 0.600. The quantitative estimate of drug-likeness (QED) is 0.628. The molecule has 0 spiro atoms. The zero-order valence-corrected chi connectivity index (χ0v) is 13.0. The lowest BCUT2D eigenvalue weighted by Gasteiger charge is -2.33. The van der Waals surface area contributed by atoms with Crippen molar-refractivity contribution < 1.29 is 5.11 Å². The van der Waals surface area contributed by atoms with Gasteiger partial charge in [0.25, 0.3) is 0 Å². The highest BCUT2D eigenvalue weighted by atomic mass is 79.9. The number of thioether (sulfide) groups is 1. The summed E-state index contributed by atoms with van der Waals surface area (Å²) in [5.41, 5.74) is -0.413. The summed E-state index contributed by atoms with van der Waals surface area (Å²) in [4.78, 5) is 1.70. The van der Waals surface area contributed by atoms with Crippen LogP contribution in [0.25, 0.3) is 0 Å². The van der Waals surface area contributed by atoms with E-state index in [-0.39, 0.29) is 0 Å². The van der Waals surface area contributed by atoms with E-state index in [1.165, 1.54) is 24.2 Å². The summed E-state index contributed by atoms with van der Waals surface area (Å²) < 4.78 is 0. The highest BCUT2D eigenvalue weighted by Crippen LogP contribution is 2.34. The number of alkyl halides is 1. The molecule has 0 saturated heterocycles. The van der Waals surface area contributed by atoms with Gasteiger partial charge in [0, 0.05) is 15.5 Å². The molecule has 100 valence electrons. The minimum absolute atomic E-state index is 0.394. The standard InChI is InChI=1S/C15H21BrOS/c16-13(11-15(17)9-5-2-6-10-15)12-18-14-7-3-1-4-8-14/h1,3-4,7-8,13,17H,2,5-6,9-12H2. The molecule has 1 aromatic carbocycles. The lowest BCUT2D eigenvalue weighted by molar-refractivity contribution is -0.00236. The second kappa shape index (κ2) is 6.97. The molecule has 1 N–H and O–H groups in total. The molecule has 1 atom stereocenters. The third kappa shape index (κ3) is 4.60. The molecule has 0 heterocycles. The van der Waals surface area contributed by atoms with Crippen molar-refractivity contribution in [3.05, 3.63) is 30.3 Å². The van der Waals surface area contributed by atoms with Gasteiger partial charge in [-0.2, -0.15) is 0 Å². The number of hydrogen-bond acceptors (Lipinski definition) is 2. The molecule has 0 amide bonds. The van der Waals surface area contributed by atoms with Gasteiger partial charge in [-0.3, -0.25) is 0 Å². The fourth-order valence-electron chi connectivity index (χ4n) is 2.59. The van der Waals surface area contributed by atoms with Crippen molar-refractivity contribution in [1.29, 1.82) is 0 Å². The molecule has 1 nitrogen and oxygen atoms in total. The van der Waals surface area contributed by atoms with Crippen molar-refractivity contribution in [1.82, 2.24) is 0 Å². The number of aliphatic hydroxyl groups is 1. The van der Waals surface area contributed by atoms with E-state index in [1.54, 1.807) is 0 Å². The Balaban J connectivity index is 1.76. The molecule has 1 saturated carbocycles. The number of benzene rings is 1. The molecule has 3 heteroatoms. The minimum Gasteiger partial charge on any atom is -0.390 e. The van der Waals surface area contributed by atoms with Gasteiger partial charge in [-0.05, 0) is 31.4 Å². The van der Waals surface area contributed by atoms with Gasteiger partial charge in [-0.15, -0.1) is 11.8 Å². The van der Waals surface area contributed by atoms with Crippen molar-refractivity contribution in [2.24, 2.45) is 0 Å². The van der Waals surface area contributed by atoms with Gasteiger partial charge in [-0.25, -0.2) is 0 Å². The number of halogens is 1. The van der Waals surface area contributed by atoms with E-state index in [0.29, 0.717) is 4.83 Å². The maximum Gasteiger partial charge on any atom is 0.0658 e. The van der Waals surface area contributed by atoms with Crippen LogP contribution in [0.4, 0.5) is 0 Å². The van der Waals surface area contributed by atoms with E-state index in [2.05, 4.69) is 40.2 Å². The highest BCUT2D eigenvalue weighted by molar-refractivity contribution is 9.09. The Morgan fingerprint density at radius 3 is 2.50 bits per heavy atom. The van der Waals surface area contributed by atoms with E-state index in [4.69, 9.17) is 0 Å². The smallest absolute Gasteiger partial charge is 0.0658 e. The maximum atomic E-state index is 10.5. The summed E-state index contributed by atoms with van der Waals surface area (Å²) in [6.45, 7) is 0. The topological polar surface area (TPSA) is 20.2 Å². The average Bonchev–Trinajstić information content (AvgIpc) is 2.38. The first kappa shape index (κ1) is 14.4. The SMILES string of the molecule is OC1(CC(Br)CSc2ccccc2)CCCCC1. The lowest BCUT2D eigenvalue weighted by Crippen LogP contribution is -2.34. The van der Waals surface area contributed by atoms with Gasteiger partial charge in [0.05, 0.1) is 5.60 Å². The molecule has 0 radical (unpaired) electrons. The minimum atomic E-state index is -0.413. The van der Waals surface area contributed by atoms with Crippen molar-refractivity contribution in [3.63, 3.8) is 0 Å². The fourth-order valence-corrected chi connectivity index (χ4v) is 4.43. The van der Waals surface area contributed by atoms with Crippen LogP contribution in [0.3, 0.4) is 0 Å². The molecule has 0 aliphatic heterocycles. The average molecular weight is 329 g/mol. The molecule has 2 rings (SSSR count). The summed E-state index contributed by atoms with van der Waals surface area (Å²) in [5.74, 6) is 1.02. The second-order valence-corrected chi connectivity index (χ2v) is 7.60. The first-order valence-corrected chi connectivity index (χ1v) is 8.62. The van der Waals surface area contributed by atoms with E-state index in [1.807, 2.05) is 17.8 Å². The van der Waals surface area contributed by atoms with E-state index in [9.17, 15) is 5.11 Å². The monoisotopic (exact) mass is 328 g/mol. The van der Waals surface area contributed by atoms with Crippen LogP contribution in [0.2, 0.25) is 0 Å². The Hall–Kier alpha value is 0.0100. The highest BCUT2D eigenvalue weighted by Gasteiger charge is 2.31. The third-order valence-corrected chi connectivity index (χ3v) is 5.81. The first-order chi connectivity index (χ1) is 8.68. The zero-order valence-electron chi connectivity index (χ0n) is 10.6. The van der Waals surface area contributed by atoms with Gasteiger partial charge in [0.15, 0.2) is 0 Å². The Morgan fingerprint density at radius 2 is 1.83 bits per heavy atom. The van der Waals surface area contributed by atoms with Crippen molar-refractivity contribution in [3.8, 4) is 0 Å². The molecule has 1 unspecified atom stereocenters. The van der Waals surface area contributed by atoms with Crippen LogP contribution in [-0.2, 0) is 0 Å². The van der Waals surface area contributed by atoms with Crippen LogP contribution in [0.5, 0.6) is 0 Å². The van der Waals surface area contributed by atoms with Crippen LogP contribution < -0.4 is 0 Å². The molecule has 18 heavy (non-hydrogen) atoms. The van der Waals surface area contributed by atoms with Gasteiger partial charge >= 0.3 is 0 Å². The Labute approximate surface area is 122 Å². The van der Waals surface area contributed by atoms with Crippen molar-refractivity contribution in [2.75, 3.05) is 5.75 Å². The van der Waals surface area contributed by atoms with Crippen molar-refractivity contribution >= 4 is 27.7 Å².